The number of nitrogens with zero attached hydrogens (tertiary/aromatic N) is 1. The van der Waals surface area contributed by atoms with Gasteiger partial charge in [0.15, 0.2) is 4.75 Å². The molecule has 36 heavy (non-hydrogen) atoms. The summed E-state index contributed by atoms with van der Waals surface area (Å²) in [7, 11) is -4.11. The molecule has 0 aliphatic carbocycles. The van der Waals surface area contributed by atoms with Crippen LogP contribution in [0, 0.1) is 11.6 Å². The van der Waals surface area contributed by atoms with Gasteiger partial charge in [-0.25, -0.2) is 17.2 Å². The predicted octanol–water partition coefficient (Wildman–Crippen LogP) is 5.94. The SMILES string of the molecule is CC1(C)OC(C[C@@H](CCO)c2ccccc2F)=NS(=O)(=O)C1(C)c1ccc(-c2ccc(F)cc2)cc1. The van der Waals surface area contributed by atoms with Gasteiger partial charge < -0.3 is 9.84 Å². The van der Waals surface area contributed by atoms with Gasteiger partial charge in [0.05, 0.1) is 0 Å². The summed E-state index contributed by atoms with van der Waals surface area (Å²) in [5, 5.41) is 9.53. The van der Waals surface area contributed by atoms with E-state index in [4.69, 9.17) is 4.74 Å². The van der Waals surface area contributed by atoms with Crippen LogP contribution in [-0.4, -0.2) is 31.6 Å². The number of sulfonamides is 1. The zero-order chi connectivity index (χ0) is 26.1. The first-order valence-electron chi connectivity index (χ1n) is 11.7. The molecule has 0 spiro atoms. The van der Waals surface area contributed by atoms with Gasteiger partial charge in [-0.3, -0.25) is 0 Å². The summed E-state index contributed by atoms with van der Waals surface area (Å²) >= 11 is 0. The molecule has 0 saturated heterocycles. The van der Waals surface area contributed by atoms with E-state index in [9.17, 15) is 22.3 Å². The molecule has 3 aromatic rings. The van der Waals surface area contributed by atoms with Crippen LogP contribution in [0.1, 0.15) is 50.7 Å². The van der Waals surface area contributed by atoms with E-state index in [-0.39, 0.29) is 31.2 Å². The van der Waals surface area contributed by atoms with Crippen molar-refractivity contribution in [3.63, 3.8) is 0 Å². The van der Waals surface area contributed by atoms with Crippen molar-refractivity contribution in [3.05, 3.63) is 95.6 Å². The van der Waals surface area contributed by atoms with Gasteiger partial charge in [0.2, 0.25) is 5.90 Å². The topological polar surface area (TPSA) is 76.0 Å². The molecule has 0 saturated carbocycles. The van der Waals surface area contributed by atoms with Crippen molar-refractivity contribution in [2.75, 3.05) is 6.61 Å². The lowest BCUT2D eigenvalue weighted by Gasteiger charge is -2.45. The van der Waals surface area contributed by atoms with Gasteiger partial charge in [0.25, 0.3) is 10.0 Å². The van der Waals surface area contributed by atoms with E-state index in [1.165, 1.54) is 18.2 Å². The molecule has 8 heteroatoms. The molecule has 0 radical (unpaired) electrons. The second-order valence-electron chi connectivity index (χ2n) is 9.62. The summed E-state index contributed by atoms with van der Waals surface area (Å²) in [6.45, 7) is 4.77. The third kappa shape index (κ3) is 4.67. The molecule has 0 fully saturated rings. The molecule has 1 unspecified atom stereocenters. The quantitative estimate of drug-likeness (QED) is 0.424. The van der Waals surface area contributed by atoms with E-state index >= 15 is 0 Å². The Bertz CT molecular complexity index is 1370. The number of hydrogen-bond acceptors (Lipinski definition) is 4. The molecule has 1 heterocycles. The van der Waals surface area contributed by atoms with E-state index in [1.54, 1.807) is 75.4 Å². The van der Waals surface area contributed by atoms with Crippen LogP contribution >= 0.6 is 0 Å². The number of rotatable bonds is 7. The fourth-order valence-electron chi connectivity index (χ4n) is 4.69. The van der Waals surface area contributed by atoms with Gasteiger partial charge >= 0.3 is 0 Å². The smallest absolute Gasteiger partial charge is 0.269 e. The Hall–Kier alpha value is -3.10. The Labute approximate surface area is 210 Å². The lowest BCUT2D eigenvalue weighted by Crippen LogP contribution is -2.55. The van der Waals surface area contributed by atoms with Crippen molar-refractivity contribution >= 4 is 15.9 Å². The van der Waals surface area contributed by atoms with Gasteiger partial charge in [0, 0.05) is 13.0 Å². The second-order valence-corrected chi connectivity index (χ2v) is 11.6. The Morgan fingerprint density at radius 1 is 0.917 bits per heavy atom. The minimum atomic E-state index is -4.11. The summed E-state index contributed by atoms with van der Waals surface area (Å²) in [6, 6.07) is 19.3. The lowest BCUT2D eigenvalue weighted by atomic mass is 9.84. The largest absolute Gasteiger partial charge is 0.472 e. The highest BCUT2D eigenvalue weighted by Gasteiger charge is 2.58. The van der Waals surface area contributed by atoms with Crippen molar-refractivity contribution in [2.24, 2.45) is 4.40 Å². The minimum Gasteiger partial charge on any atom is -0.472 e. The van der Waals surface area contributed by atoms with Crippen molar-refractivity contribution in [3.8, 4) is 11.1 Å². The number of halogens is 2. The average molecular weight is 514 g/mol. The van der Waals surface area contributed by atoms with Crippen LogP contribution < -0.4 is 0 Å². The van der Waals surface area contributed by atoms with E-state index in [0.717, 1.165) is 11.1 Å². The monoisotopic (exact) mass is 513 g/mol. The molecule has 3 aromatic carbocycles. The molecule has 0 amide bonds. The number of ether oxygens (including phenoxy) is 1. The molecule has 0 bridgehead atoms. The first-order chi connectivity index (χ1) is 17.0. The third-order valence-corrected chi connectivity index (χ3v) is 9.32. The van der Waals surface area contributed by atoms with Crippen molar-refractivity contribution in [1.29, 1.82) is 0 Å². The van der Waals surface area contributed by atoms with Crippen LogP contribution in [0.4, 0.5) is 8.78 Å². The Kier molecular flexibility index (Phi) is 7.03. The molecule has 2 atom stereocenters. The fourth-order valence-corrected chi connectivity index (χ4v) is 6.34. The maximum Gasteiger partial charge on any atom is 0.269 e. The third-order valence-electron chi connectivity index (χ3n) is 7.12. The van der Waals surface area contributed by atoms with Gasteiger partial charge in [-0.15, -0.1) is 4.40 Å². The van der Waals surface area contributed by atoms with Crippen molar-refractivity contribution < 1.29 is 27.0 Å². The maximum absolute atomic E-state index is 14.4. The zero-order valence-electron chi connectivity index (χ0n) is 20.4. The van der Waals surface area contributed by atoms with E-state index in [2.05, 4.69) is 4.40 Å². The van der Waals surface area contributed by atoms with Crippen molar-refractivity contribution in [1.82, 2.24) is 0 Å². The predicted molar refractivity (Wildman–Crippen MR) is 136 cm³/mol. The molecule has 190 valence electrons. The standard InChI is InChI=1S/C28H29F2NO4S/c1-27(2)28(3,22-12-8-19(9-13-22)20-10-14-23(29)15-11-20)36(33,34)31-26(35-27)18-21(16-17-32)24-6-4-5-7-25(24)30/h4-15,21,32H,16-18H2,1-3H3/t21-,28?/m1/s1. The zero-order valence-corrected chi connectivity index (χ0v) is 21.2. The van der Waals surface area contributed by atoms with E-state index in [1.807, 2.05) is 0 Å². The van der Waals surface area contributed by atoms with Crippen LogP contribution in [0.3, 0.4) is 0 Å². The van der Waals surface area contributed by atoms with Crippen molar-refractivity contribution in [2.45, 2.75) is 49.9 Å². The normalized spacial score (nSPS) is 21.3. The molecule has 4 rings (SSSR count). The summed E-state index contributed by atoms with van der Waals surface area (Å²) < 4.78 is 63.7. The number of hydrogen-bond donors (Lipinski definition) is 1. The van der Waals surface area contributed by atoms with Crippen LogP contribution in [-0.2, 0) is 19.5 Å². The average Bonchev–Trinajstić information content (AvgIpc) is 2.83. The Morgan fingerprint density at radius 2 is 1.50 bits per heavy atom. The molecule has 1 N–H and O–H groups in total. The molecular weight excluding hydrogens is 484 g/mol. The first-order valence-corrected chi connectivity index (χ1v) is 13.2. The first kappa shape index (κ1) is 26.0. The number of benzene rings is 3. The maximum atomic E-state index is 14.4. The van der Waals surface area contributed by atoms with Crippen LogP contribution in [0.2, 0.25) is 0 Å². The summed E-state index contributed by atoms with van der Waals surface area (Å²) in [6.07, 6.45) is 0.260. The highest BCUT2D eigenvalue weighted by atomic mass is 32.2. The van der Waals surface area contributed by atoms with Crippen LogP contribution in [0.15, 0.2) is 77.2 Å². The fraction of sp³-hybridized carbons (Fsp3) is 0.321. The molecule has 1 aliphatic heterocycles. The lowest BCUT2D eigenvalue weighted by molar-refractivity contribution is 0.0424. The number of aliphatic hydroxyl groups is 1. The van der Waals surface area contributed by atoms with Gasteiger partial charge in [0.1, 0.15) is 17.2 Å². The minimum absolute atomic E-state index is 0.0119. The molecule has 1 aliphatic rings. The Morgan fingerprint density at radius 3 is 2.06 bits per heavy atom. The van der Waals surface area contributed by atoms with Crippen LogP contribution in [0.5, 0.6) is 0 Å². The van der Waals surface area contributed by atoms with Gasteiger partial charge in [-0.2, -0.15) is 0 Å². The molecule has 0 aromatic heterocycles. The summed E-state index contributed by atoms with van der Waals surface area (Å²) in [5.74, 6) is -1.28. The molecule has 5 nitrogen and oxygen atoms in total. The highest BCUT2D eigenvalue weighted by molar-refractivity contribution is 7.91. The van der Waals surface area contributed by atoms with E-state index in [0.29, 0.717) is 11.1 Å². The summed E-state index contributed by atoms with van der Waals surface area (Å²) in [4.78, 5) is 0. The Balaban J connectivity index is 1.68. The summed E-state index contributed by atoms with van der Waals surface area (Å²) in [5.41, 5.74) is 1.29. The number of aliphatic hydroxyl groups excluding tert-OH is 1. The van der Waals surface area contributed by atoms with Gasteiger partial charge in [-0.1, -0.05) is 54.6 Å². The van der Waals surface area contributed by atoms with Crippen LogP contribution in [0.25, 0.3) is 11.1 Å². The van der Waals surface area contributed by atoms with Gasteiger partial charge in [-0.05, 0) is 73.6 Å². The highest BCUT2D eigenvalue weighted by Crippen LogP contribution is 2.47. The van der Waals surface area contributed by atoms with E-state index < -0.39 is 32.1 Å². The molecular formula is C28H29F2NO4S. The second kappa shape index (κ2) is 9.75.